The Hall–Kier alpha value is -3.21. The Kier molecular flexibility index (Phi) is 4.98. The molecular formula is C18H20FN7. The van der Waals surface area contributed by atoms with Gasteiger partial charge in [-0.2, -0.15) is 5.26 Å². The molecule has 7 nitrogen and oxygen atoms in total. The molecule has 2 aromatic heterocycles. The Morgan fingerprint density at radius 2 is 2.12 bits per heavy atom. The third kappa shape index (κ3) is 3.28. The van der Waals surface area contributed by atoms with E-state index in [4.69, 9.17) is 5.73 Å². The zero-order valence-electron chi connectivity index (χ0n) is 14.7. The van der Waals surface area contributed by atoms with Crippen molar-refractivity contribution < 1.29 is 4.39 Å². The second-order valence-electron chi connectivity index (χ2n) is 5.71. The van der Waals surface area contributed by atoms with E-state index in [1.807, 2.05) is 19.9 Å². The van der Waals surface area contributed by atoms with Crippen molar-refractivity contribution >= 4 is 22.7 Å². The monoisotopic (exact) mass is 353 g/mol. The molecule has 1 aliphatic rings. The average Bonchev–Trinajstić information content (AvgIpc) is 3.42. The molecule has 1 fully saturated rings. The summed E-state index contributed by atoms with van der Waals surface area (Å²) in [5, 5.41) is 12.3. The normalized spacial score (nSPS) is 13.0. The number of hydrogen-bond acceptors (Lipinski definition) is 6. The van der Waals surface area contributed by atoms with E-state index in [1.54, 1.807) is 6.07 Å². The molecule has 0 radical (unpaired) electrons. The molecule has 4 rings (SSSR count). The first-order valence-corrected chi connectivity index (χ1v) is 8.58. The lowest BCUT2D eigenvalue weighted by Gasteiger charge is -2.10. The number of fused-ring (bicyclic) bond motifs is 1. The number of nitrogens with two attached hydrogens (primary N) is 1. The van der Waals surface area contributed by atoms with Crippen molar-refractivity contribution in [3.05, 3.63) is 41.7 Å². The molecule has 1 aliphatic carbocycles. The lowest BCUT2D eigenvalue weighted by molar-refractivity contribution is 0.629. The van der Waals surface area contributed by atoms with E-state index in [0.717, 1.165) is 24.2 Å². The number of halogens is 1. The fourth-order valence-electron chi connectivity index (χ4n) is 2.79. The smallest absolute Gasteiger partial charge is 0.149 e. The Bertz CT molecular complexity index is 970. The number of nitrogens with zero attached hydrogens (tertiary/aromatic N) is 5. The highest BCUT2D eigenvalue weighted by molar-refractivity contribution is 5.76. The molecule has 0 unspecified atom stereocenters. The van der Waals surface area contributed by atoms with Crippen LogP contribution in [0.3, 0.4) is 0 Å². The molecule has 3 N–H and O–H groups in total. The number of anilines is 2. The molecule has 134 valence electrons. The van der Waals surface area contributed by atoms with E-state index in [2.05, 4.69) is 24.8 Å². The van der Waals surface area contributed by atoms with E-state index in [0.29, 0.717) is 23.9 Å². The van der Waals surface area contributed by atoms with Gasteiger partial charge < -0.3 is 15.6 Å². The number of nitrogens with one attached hydrogen (secondary N) is 1. The van der Waals surface area contributed by atoms with Crippen LogP contribution in [0.2, 0.25) is 0 Å². The number of rotatable bonds is 4. The van der Waals surface area contributed by atoms with Gasteiger partial charge in [-0.1, -0.05) is 13.8 Å². The summed E-state index contributed by atoms with van der Waals surface area (Å²) in [5.74, 6) is 0.968. The van der Waals surface area contributed by atoms with Gasteiger partial charge in [0.1, 0.15) is 41.2 Å². The summed E-state index contributed by atoms with van der Waals surface area (Å²) >= 11 is 0. The lowest BCUT2D eigenvalue weighted by atomic mass is 10.3. The first-order valence-electron chi connectivity index (χ1n) is 8.58. The van der Waals surface area contributed by atoms with Crippen LogP contribution in [-0.2, 0) is 6.54 Å². The third-order valence-corrected chi connectivity index (χ3v) is 4.04. The van der Waals surface area contributed by atoms with Crippen LogP contribution in [0.15, 0.2) is 24.5 Å². The highest BCUT2D eigenvalue weighted by Crippen LogP contribution is 2.39. The molecule has 3 aromatic rings. The van der Waals surface area contributed by atoms with Gasteiger partial charge in [0.05, 0.1) is 17.6 Å². The third-order valence-electron chi connectivity index (χ3n) is 4.04. The molecule has 0 aliphatic heterocycles. The van der Waals surface area contributed by atoms with E-state index >= 15 is 0 Å². The second-order valence-corrected chi connectivity index (χ2v) is 5.71. The van der Waals surface area contributed by atoms with Crippen LogP contribution in [0.25, 0.3) is 11.0 Å². The molecule has 8 heteroatoms. The molecule has 26 heavy (non-hydrogen) atoms. The van der Waals surface area contributed by atoms with Crippen LogP contribution in [0.1, 0.15) is 44.1 Å². The molecule has 0 saturated heterocycles. The summed E-state index contributed by atoms with van der Waals surface area (Å²) in [5.41, 5.74) is 7.44. The predicted octanol–water partition coefficient (Wildman–Crippen LogP) is 3.39. The van der Waals surface area contributed by atoms with Crippen LogP contribution in [0.5, 0.6) is 0 Å². The molecule has 0 spiro atoms. The molecule has 0 amide bonds. The summed E-state index contributed by atoms with van der Waals surface area (Å²) in [6, 6.07) is 7.01. The zero-order chi connectivity index (χ0) is 18.7. The van der Waals surface area contributed by atoms with Gasteiger partial charge in [-0.05, 0) is 25.0 Å². The van der Waals surface area contributed by atoms with Crippen LogP contribution in [0.4, 0.5) is 16.0 Å². The lowest BCUT2D eigenvalue weighted by Crippen LogP contribution is -2.11. The van der Waals surface area contributed by atoms with Gasteiger partial charge in [0, 0.05) is 12.1 Å². The maximum Gasteiger partial charge on any atom is 0.149 e. The predicted molar refractivity (Wildman–Crippen MR) is 97.8 cm³/mol. The van der Waals surface area contributed by atoms with E-state index in [-0.39, 0.29) is 17.2 Å². The number of aromatic nitrogens is 4. The van der Waals surface area contributed by atoms with Crippen molar-refractivity contribution in [1.82, 2.24) is 19.5 Å². The van der Waals surface area contributed by atoms with Gasteiger partial charge in [-0.3, -0.25) is 0 Å². The van der Waals surface area contributed by atoms with Gasteiger partial charge in [0.2, 0.25) is 0 Å². The second kappa shape index (κ2) is 7.35. The number of hydrogen-bond donors (Lipinski definition) is 2. The van der Waals surface area contributed by atoms with Gasteiger partial charge >= 0.3 is 0 Å². The summed E-state index contributed by atoms with van der Waals surface area (Å²) in [7, 11) is 0. The van der Waals surface area contributed by atoms with Crippen molar-refractivity contribution in [1.29, 1.82) is 5.26 Å². The standard InChI is InChI=1S/C16H14FN7.C2H6/c17-9-1-4-13-12(5-9)23-14(24(13)10-2-3-10)7-20-16-11(6-18)15(19)21-8-22-16;1-2/h1,4-5,8,10H,2-3,7H2,(H3,19,20,21,22);1-2H3. The summed E-state index contributed by atoms with van der Waals surface area (Å²) in [6.45, 7) is 4.36. The molecule has 1 aromatic carbocycles. The minimum Gasteiger partial charge on any atom is -0.382 e. The SMILES string of the molecule is CC.N#Cc1c(N)ncnc1NCc1nc2cc(F)ccc2n1C1CC1. The first kappa shape index (κ1) is 17.6. The Balaban J connectivity index is 0.000000948. The number of nitriles is 1. The molecule has 0 bridgehead atoms. The largest absolute Gasteiger partial charge is 0.382 e. The minimum atomic E-state index is -0.308. The van der Waals surface area contributed by atoms with Gasteiger partial charge in [0.25, 0.3) is 0 Å². The summed E-state index contributed by atoms with van der Waals surface area (Å²) < 4.78 is 15.6. The number of benzene rings is 1. The maximum absolute atomic E-state index is 13.5. The van der Waals surface area contributed by atoms with Gasteiger partial charge in [0.15, 0.2) is 0 Å². The van der Waals surface area contributed by atoms with Crippen molar-refractivity contribution in [3.63, 3.8) is 0 Å². The van der Waals surface area contributed by atoms with E-state index in [9.17, 15) is 9.65 Å². The van der Waals surface area contributed by atoms with Crippen LogP contribution in [0, 0.1) is 17.1 Å². The fourth-order valence-corrected chi connectivity index (χ4v) is 2.79. The zero-order valence-corrected chi connectivity index (χ0v) is 14.7. The average molecular weight is 353 g/mol. The van der Waals surface area contributed by atoms with Crippen molar-refractivity contribution in [2.45, 2.75) is 39.3 Å². The quantitative estimate of drug-likeness (QED) is 0.745. The van der Waals surface area contributed by atoms with Gasteiger partial charge in [-0.15, -0.1) is 0 Å². The number of nitrogen functional groups attached to an aromatic ring is 1. The fraction of sp³-hybridized carbons (Fsp3) is 0.333. The topological polar surface area (TPSA) is 105 Å². The Labute approximate surface area is 150 Å². The maximum atomic E-state index is 13.5. The molecular weight excluding hydrogens is 333 g/mol. The van der Waals surface area contributed by atoms with E-state index in [1.165, 1.54) is 18.5 Å². The minimum absolute atomic E-state index is 0.132. The highest BCUT2D eigenvalue weighted by atomic mass is 19.1. The molecule has 0 atom stereocenters. The highest BCUT2D eigenvalue weighted by Gasteiger charge is 2.28. The van der Waals surface area contributed by atoms with Gasteiger partial charge in [-0.25, -0.2) is 19.3 Å². The summed E-state index contributed by atoms with van der Waals surface area (Å²) in [6.07, 6.45) is 3.47. The van der Waals surface area contributed by atoms with Crippen molar-refractivity contribution in [3.8, 4) is 6.07 Å². The number of imidazole rings is 1. The van der Waals surface area contributed by atoms with Crippen molar-refractivity contribution in [2.24, 2.45) is 0 Å². The van der Waals surface area contributed by atoms with Crippen LogP contribution >= 0.6 is 0 Å². The van der Waals surface area contributed by atoms with Crippen LogP contribution in [-0.4, -0.2) is 19.5 Å². The Morgan fingerprint density at radius 1 is 1.35 bits per heavy atom. The first-order chi connectivity index (χ1) is 12.7. The molecule has 2 heterocycles. The van der Waals surface area contributed by atoms with Crippen LogP contribution < -0.4 is 11.1 Å². The summed E-state index contributed by atoms with van der Waals surface area (Å²) in [4.78, 5) is 12.4. The van der Waals surface area contributed by atoms with Crippen molar-refractivity contribution in [2.75, 3.05) is 11.1 Å². The Morgan fingerprint density at radius 3 is 2.81 bits per heavy atom. The molecule has 1 saturated carbocycles. The van der Waals surface area contributed by atoms with E-state index < -0.39 is 0 Å².